The molecule has 4 rings (SSSR count). The van der Waals surface area contributed by atoms with Crippen LogP contribution in [-0.2, 0) is 13.0 Å². The second-order valence-corrected chi connectivity index (χ2v) is 6.95. The quantitative estimate of drug-likeness (QED) is 0.737. The number of amides is 1. The van der Waals surface area contributed by atoms with Crippen LogP contribution >= 0.6 is 11.3 Å². The Bertz CT molecular complexity index is 835. The molecule has 1 aromatic carbocycles. The molecule has 2 aromatic heterocycles. The normalized spacial score (nSPS) is 15.1. The molecule has 1 saturated heterocycles. The van der Waals surface area contributed by atoms with Crippen LogP contribution in [0.2, 0.25) is 0 Å². The van der Waals surface area contributed by atoms with Crippen molar-refractivity contribution < 1.29 is 4.79 Å². The van der Waals surface area contributed by atoms with Gasteiger partial charge in [0.1, 0.15) is 12.7 Å². The maximum absolute atomic E-state index is 12.6. The van der Waals surface area contributed by atoms with Crippen LogP contribution in [0.1, 0.15) is 22.3 Å². The summed E-state index contributed by atoms with van der Waals surface area (Å²) in [4.78, 5) is 22.9. The fourth-order valence-corrected chi connectivity index (χ4v) is 3.83. The Kier molecular flexibility index (Phi) is 3.57. The van der Waals surface area contributed by atoms with E-state index in [1.807, 2.05) is 27.8 Å². The molecule has 6 nitrogen and oxygen atoms in total. The summed E-state index contributed by atoms with van der Waals surface area (Å²) in [5.41, 5.74) is 1.74. The van der Waals surface area contributed by atoms with Crippen molar-refractivity contribution in [2.24, 2.45) is 5.92 Å². The molecule has 0 unspecified atom stereocenters. The Morgan fingerprint density at radius 2 is 2.26 bits per heavy atom. The molecule has 3 heterocycles. The largest absolute Gasteiger partial charge is 0.338 e. The van der Waals surface area contributed by atoms with Gasteiger partial charge in [0.2, 0.25) is 0 Å². The van der Waals surface area contributed by atoms with Gasteiger partial charge in [0.15, 0.2) is 0 Å². The average Bonchev–Trinajstić information content (AvgIpc) is 3.17. The Balaban J connectivity index is 1.43. The number of hydrogen-bond donors (Lipinski definition) is 0. The topological polar surface area (TPSA) is 63.9 Å². The molecule has 0 aliphatic carbocycles. The minimum absolute atomic E-state index is 0.105. The lowest BCUT2D eigenvalue weighted by Gasteiger charge is -2.39. The zero-order chi connectivity index (χ0) is 15.8. The molecule has 23 heavy (non-hydrogen) atoms. The number of thiazole rings is 1. The van der Waals surface area contributed by atoms with Crippen molar-refractivity contribution in [3.8, 4) is 0 Å². The minimum Gasteiger partial charge on any atom is -0.338 e. The summed E-state index contributed by atoms with van der Waals surface area (Å²) in [6, 6.07) is 5.80. The van der Waals surface area contributed by atoms with Crippen molar-refractivity contribution in [1.29, 1.82) is 0 Å². The van der Waals surface area contributed by atoms with Gasteiger partial charge >= 0.3 is 0 Å². The van der Waals surface area contributed by atoms with E-state index in [9.17, 15) is 4.79 Å². The maximum Gasteiger partial charge on any atom is 0.253 e. The number of benzene rings is 1. The second kappa shape index (κ2) is 5.73. The van der Waals surface area contributed by atoms with E-state index in [0.717, 1.165) is 46.8 Å². The number of carbonyl (C=O) groups excluding carboxylic acids is 1. The van der Waals surface area contributed by atoms with Gasteiger partial charge in [-0.2, -0.15) is 5.10 Å². The fraction of sp³-hybridized carbons (Fsp3) is 0.375. The smallest absolute Gasteiger partial charge is 0.253 e. The zero-order valence-corrected chi connectivity index (χ0v) is 13.7. The van der Waals surface area contributed by atoms with E-state index >= 15 is 0 Å². The SMILES string of the molecule is CCc1nc2ccc(C(=O)N3CC(Cn4cncn4)C3)cc2s1. The summed E-state index contributed by atoms with van der Waals surface area (Å²) in [7, 11) is 0. The van der Waals surface area contributed by atoms with Gasteiger partial charge in [-0.05, 0) is 24.6 Å². The number of rotatable bonds is 4. The van der Waals surface area contributed by atoms with Crippen molar-refractivity contribution in [3.05, 3.63) is 41.4 Å². The molecule has 0 spiro atoms. The molecule has 1 aliphatic rings. The Labute approximate surface area is 137 Å². The first kappa shape index (κ1) is 14.3. The number of aromatic nitrogens is 4. The lowest BCUT2D eigenvalue weighted by molar-refractivity contribution is 0.0461. The first-order valence-electron chi connectivity index (χ1n) is 7.74. The number of fused-ring (bicyclic) bond motifs is 1. The van der Waals surface area contributed by atoms with Gasteiger partial charge < -0.3 is 4.90 Å². The van der Waals surface area contributed by atoms with Crippen LogP contribution in [0.4, 0.5) is 0 Å². The molecule has 1 fully saturated rings. The Morgan fingerprint density at radius 3 is 3.00 bits per heavy atom. The van der Waals surface area contributed by atoms with E-state index in [-0.39, 0.29) is 5.91 Å². The molecule has 3 aromatic rings. The van der Waals surface area contributed by atoms with Crippen LogP contribution in [-0.4, -0.2) is 43.6 Å². The highest BCUT2D eigenvalue weighted by Gasteiger charge is 2.31. The third-order valence-corrected chi connectivity index (χ3v) is 5.30. The highest BCUT2D eigenvalue weighted by Crippen LogP contribution is 2.26. The van der Waals surface area contributed by atoms with Crippen molar-refractivity contribution in [1.82, 2.24) is 24.6 Å². The van der Waals surface area contributed by atoms with Crippen LogP contribution in [0.25, 0.3) is 10.2 Å². The predicted octanol–water partition coefficient (Wildman–Crippen LogP) is 2.22. The van der Waals surface area contributed by atoms with Crippen LogP contribution in [0.15, 0.2) is 30.9 Å². The second-order valence-electron chi connectivity index (χ2n) is 5.84. The summed E-state index contributed by atoms with van der Waals surface area (Å²) in [5.74, 6) is 0.563. The van der Waals surface area contributed by atoms with E-state index in [1.165, 1.54) is 6.33 Å². The molecular weight excluding hydrogens is 310 g/mol. The van der Waals surface area contributed by atoms with Gasteiger partial charge in [-0.3, -0.25) is 9.48 Å². The summed E-state index contributed by atoms with van der Waals surface area (Å²) in [6.07, 6.45) is 4.18. The van der Waals surface area contributed by atoms with Crippen molar-refractivity contribution in [3.63, 3.8) is 0 Å². The van der Waals surface area contributed by atoms with E-state index in [4.69, 9.17) is 0 Å². The molecule has 0 radical (unpaired) electrons. The molecule has 118 valence electrons. The summed E-state index contributed by atoms with van der Waals surface area (Å²) in [6.45, 7) is 4.47. The maximum atomic E-state index is 12.6. The summed E-state index contributed by atoms with van der Waals surface area (Å²) in [5, 5.41) is 5.22. The van der Waals surface area contributed by atoms with Crippen LogP contribution in [0.3, 0.4) is 0 Å². The molecular formula is C16H17N5OS. The van der Waals surface area contributed by atoms with Crippen molar-refractivity contribution in [2.45, 2.75) is 19.9 Å². The highest BCUT2D eigenvalue weighted by atomic mass is 32.1. The van der Waals surface area contributed by atoms with Crippen LogP contribution in [0, 0.1) is 5.92 Å². The van der Waals surface area contributed by atoms with E-state index in [1.54, 1.807) is 17.7 Å². The van der Waals surface area contributed by atoms with Gasteiger partial charge in [0.05, 0.1) is 15.2 Å². The molecule has 0 N–H and O–H groups in total. The van der Waals surface area contributed by atoms with E-state index in [2.05, 4.69) is 22.0 Å². The molecule has 0 atom stereocenters. The minimum atomic E-state index is 0.105. The van der Waals surface area contributed by atoms with Crippen LogP contribution < -0.4 is 0 Å². The predicted molar refractivity (Wildman–Crippen MR) is 88.4 cm³/mol. The first-order chi connectivity index (χ1) is 11.2. The zero-order valence-electron chi connectivity index (χ0n) is 12.8. The molecule has 1 amide bonds. The van der Waals surface area contributed by atoms with Gasteiger partial charge in [-0.25, -0.2) is 9.97 Å². The molecule has 7 heteroatoms. The third kappa shape index (κ3) is 2.72. The Hall–Kier alpha value is -2.28. The van der Waals surface area contributed by atoms with Crippen molar-refractivity contribution >= 4 is 27.5 Å². The number of carbonyl (C=O) groups is 1. The van der Waals surface area contributed by atoms with Gasteiger partial charge in [0, 0.05) is 31.1 Å². The highest BCUT2D eigenvalue weighted by molar-refractivity contribution is 7.18. The molecule has 1 aliphatic heterocycles. The number of likely N-dealkylation sites (tertiary alicyclic amines) is 1. The van der Waals surface area contributed by atoms with E-state index < -0.39 is 0 Å². The van der Waals surface area contributed by atoms with E-state index in [0.29, 0.717) is 5.92 Å². The molecule has 0 saturated carbocycles. The average molecular weight is 327 g/mol. The summed E-state index contributed by atoms with van der Waals surface area (Å²) < 4.78 is 2.91. The molecule has 0 bridgehead atoms. The number of aryl methyl sites for hydroxylation is 1. The first-order valence-corrected chi connectivity index (χ1v) is 8.55. The van der Waals surface area contributed by atoms with Gasteiger partial charge in [-0.1, -0.05) is 6.92 Å². The van der Waals surface area contributed by atoms with Crippen LogP contribution in [0.5, 0.6) is 0 Å². The van der Waals surface area contributed by atoms with Gasteiger partial charge in [-0.15, -0.1) is 11.3 Å². The lowest BCUT2D eigenvalue weighted by Crippen LogP contribution is -2.51. The third-order valence-electron chi connectivity index (χ3n) is 4.14. The number of nitrogens with zero attached hydrogens (tertiary/aromatic N) is 5. The van der Waals surface area contributed by atoms with Crippen molar-refractivity contribution in [2.75, 3.05) is 13.1 Å². The summed E-state index contributed by atoms with van der Waals surface area (Å²) >= 11 is 1.67. The lowest BCUT2D eigenvalue weighted by atomic mass is 9.99. The standard InChI is InChI=1S/C16H17N5OS/c1-2-15-19-13-4-3-12(5-14(13)23-15)16(22)20-6-11(7-20)8-21-10-17-9-18-21/h3-5,9-11H,2,6-8H2,1H3. The number of hydrogen-bond acceptors (Lipinski definition) is 5. The fourth-order valence-electron chi connectivity index (χ4n) is 2.88. The monoisotopic (exact) mass is 327 g/mol. The van der Waals surface area contributed by atoms with Gasteiger partial charge in [0.25, 0.3) is 5.91 Å². The Morgan fingerprint density at radius 1 is 1.39 bits per heavy atom.